The number of nitriles is 1. The van der Waals surface area contributed by atoms with Crippen LogP contribution in [-0.2, 0) is 6.42 Å². The summed E-state index contributed by atoms with van der Waals surface area (Å²) in [7, 11) is 2.20. The van der Waals surface area contributed by atoms with E-state index < -0.39 is 0 Å². The Morgan fingerprint density at radius 1 is 1.12 bits per heavy atom. The zero-order valence-corrected chi connectivity index (χ0v) is 16.4. The van der Waals surface area contributed by atoms with Gasteiger partial charge in [-0.3, -0.25) is 0 Å². The van der Waals surface area contributed by atoms with Crippen molar-refractivity contribution in [2.45, 2.75) is 18.9 Å². The fourth-order valence-electron chi connectivity index (χ4n) is 3.83. The Kier molecular flexibility index (Phi) is 9.60. The highest BCUT2D eigenvalue weighted by atomic mass is 35.5. The molecule has 0 aliphatic carbocycles. The van der Waals surface area contributed by atoms with Crippen molar-refractivity contribution in [3.05, 3.63) is 35.4 Å². The van der Waals surface area contributed by atoms with Gasteiger partial charge in [-0.25, -0.2) is 0 Å². The van der Waals surface area contributed by atoms with E-state index in [4.69, 9.17) is 11.0 Å². The van der Waals surface area contributed by atoms with Crippen molar-refractivity contribution in [2.24, 2.45) is 11.1 Å². The lowest BCUT2D eigenvalue weighted by Crippen LogP contribution is -2.71. The van der Waals surface area contributed by atoms with Gasteiger partial charge in [0.1, 0.15) is 0 Å². The molecule has 1 aromatic rings. The van der Waals surface area contributed by atoms with Gasteiger partial charge < -0.3 is 15.5 Å². The SMILES string of the molecule is CN1CC2(C1)CN(CCC(N)Cc1ccc(C#N)cc1)C2.Cl.Cl.Cl. The molecule has 2 saturated heterocycles. The molecule has 2 N–H and O–H groups in total. The first-order valence-electron chi connectivity index (χ1n) is 7.74. The van der Waals surface area contributed by atoms with Gasteiger partial charge >= 0.3 is 0 Å². The minimum atomic E-state index is 0. The monoisotopic (exact) mass is 392 g/mol. The molecule has 1 aromatic carbocycles. The van der Waals surface area contributed by atoms with Crippen molar-refractivity contribution < 1.29 is 0 Å². The first kappa shape index (κ1) is 23.5. The third-order valence-electron chi connectivity index (χ3n) is 4.73. The van der Waals surface area contributed by atoms with Crippen LogP contribution in [0.1, 0.15) is 17.5 Å². The molecule has 0 aromatic heterocycles. The van der Waals surface area contributed by atoms with Gasteiger partial charge in [-0.05, 0) is 44.1 Å². The van der Waals surface area contributed by atoms with E-state index in [0.29, 0.717) is 11.0 Å². The van der Waals surface area contributed by atoms with Gasteiger partial charge in [0.25, 0.3) is 0 Å². The van der Waals surface area contributed by atoms with E-state index in [0.717, 1.165) is 19.4 Å². The summed E-state index contributed by atoms with van der Waals surface area (Å²) in [6, 6.07) is 10.1. The third-order valence-corrected chi connectivity index (χ3v) is 4.73. The number of halogens is 3. The molecule has 1 spiro atoms. The van der Waals surface area contributed by atoms with Crippen LogP contribution in [0.5, 0.6) is 0 Å². The molecule has 2 aliphatic rings. The Morgan fingerprint density at radius 3 is 2.21 bits per heavy atom. The van der Waals surface area contributed by atoms with E-state index in [2.05, 4.69) is 22.9 Å². The standard InChI is InChI=1S/C17H24N4.3ClH/c1-20-10-17(11-20)12-21(13-17)7-6-16(19)8-14-2-4-15(9-18)5-3-14;;;/h2-5,16H,6-8,10-13,19H2,1H3;3*1H. The van der Waals surface area contributed by atoms with Crippen molar-refractivity contribution in [3.8, 4) is 6.07 Å². The molecular formula is C17H27Cl3N4. The Balaban J connectivity index is 0.00000176. The van der Waals surface area contributed by atoms with Gasteiger partial charge in [0.15, 0.2) is 0 Å². The maximum atomic E-state index is 8.79. The molecule has 2 aliphatic heterocycles. The van der Waals surface area contributed by atoms with Crippen LogP contribution >= 0.6 is 37.2 Å². The molecular weight excluding hydrogens is 367 g/mol. The molecule has 2 fully saturated rings. The predicted octanol–water partition coefficient (Wildman–Crippen LogP) is 2.33. The minimum absolute atomic E-state index is 0. The summed E-state index contributed by atoms with van der Waals surface area (Å²) in [6.45, 7) is 6.15. The molecule has 136 valence electrons. The van der Waals surface area contributed by atoms with Crippen LogP contribution in [0.15, 0.2) is 24.3 Å². The topological polar surface area (TPSA) is 56.3 Å². The first-order valence-corrected chi connectivity index (χ1v) is 7.74. The number of likely N-dealkylation sites (tertiary alicyclic amines) is 2. The van der Waals surface area contributed by atoms with E-state index in [1.165, 1.54) is 31.7 Å². The smallest absolute Gasteiger partial charge is 0.0991 e. The normalized spacial score (nSPS) is 19.5. The summed E-state index contributed by atoms with van der Waals surface area (Å²) in [5.74, 6) is 0. The Morgan fingerprint density at radius 2 is 1.71 bits per heavy atom. The van der Waals surface area contributed by atoms with Gasteiger partial charge in [-0.15, -0.1) is 37.2 Å². The number of nitrogens with two attached hydrogens (primary N) is 1. The number of hydrogen-bond acceptors (Lipinski definition) is 4. The van der Waals surface area contributed by atoms with Crippen LogP contribution in [0.2, 0.25) is 0 Å². The predicted molar refractivity (Wildman–Crippen MR) is 106 cm³/mol. The van der Waals surface area contributed by atoms with Crippen LogP contribution in [0.25, 0.3) is 0 Å². The summed E-state index contributed by atoms with van der Waals surface area (Å²) in [6.07, 6.45) is 1.94. The zero-order chi connectivity index (χ0) is 14.9. The van der Waals surface area contributed by atoms with Crippen LogP contribution in [0.4, 0.5) is 0 Å². The Labute approximate surface area is 163 Å². The number of hydrogen-bond donors (Lipinski definition) is 1. The maximum absolute atomic E-state index is 8.79. The van der Waals surface area contributed by atoms with Crippen molar-refractivity contribution in [1.82, 2.24) is 9.80 Å². The molecule has 4 nitrogen and oxygen atoms in total. The highest BCUT2D eigenvalue weighted by Crippen LogP contribution is 2.38. The van der Waals surface area contributed by atoms with Crippen molar-refractivity contribution in [3.63, 3.8) is 0 Å². The van der Waals surface area contributed by atoms with E-state index in [9.17, 15) is 0 Å². The van der Waals surface area contributed by atoms with E-state index in [1.54, 1.807) is 0 Å². The summed E-state index contributed by atoms with van der Waals surface area (Å²) >= 11 is 0. The minimum Gasteiger partial charge on any atom is -0.327 e. The molecule has 24 heavy (non-hydrogen) atoms. The molecule has 0 amide bonds. The van der Waals surface area contributed by atoms with Crippen LogP contribution < -0.4 is 5.73 Å². The van der Waals surface area contributed by atoms with Gasteiger partial charge in [0.05, 0.1) is 11.6 Å². The molecule has 0 bridgehead atoms. The molecule has 1 unspecified atom stereocenters. The average Bonchev–Trinajstić information content (AvgIpc) is 2.40. The molecule has 1 atom stereocenters. The third kappa shape index (κ3) is 5.49. The number of nitrogens with zero attached hydrogens (tertiary/aromatic N) is 3. The quantitative estimate of drug-likeness (QED) is 0.834. The largest absolute Gasteiger partial charge is 0.327 e. The van der Waals surface area contributed by atoms with Crippen LogP contribution in [0, 0.1) is 16.7 Å². The van der Waals surface area contributed by atoms with Gasteiger partial charge in [0.2, 0.25) is 0 Å². The average molecular weight is 394 g/mol. The second kappa shape index (κ2) is 9.82. The zero-order valence-electron chi connectivity index (χ0n) is 14.0. The van der Waals surface area contributed by atoms with Gasteiger partial charge in [-0.2, -0.15) is 5.26 Å². The van der Waals surface area contributed by atoms with Crippen molar-refractivity contribution in [2.75, 3.05) is 39.8 Å². The summed E-state index contributed by atoms with van der Waals surface area (Å²) in [5, 5.41) is 8.79. The first-order chi connectivity index (χ1) is 10.1. The van der Waals surface area contributed by atoms with E-state index in [-0.39, 0.29) is 43.3 Å². The summed E-state index contributed by atoms with van der Waals surface area (Å²) in [5.41, 5.74) is 8.79. The van der Waals surface area contributed by atoms with Crippen LogP contribution in [0.3, 0.4) is 0 Å². The highest BCUT2D eigenvalue weighted by Gasteiger charge is 2.49. The summed E-state index contributed by atoms with van der Waals surface area (Å²) in [4.78, 5) is 4.93. The van der Waals surface area contributed by atoms with Gasteiger partial charge in [0, 0.05) is 37.6 Å². The molecule has 0 radical (unpaired) electrons. The van der Waals surface area contributed by atoms with E-state index in [1.807, 2.05) is 24.3 Å². The number of rotatable bonds is 5. The fraction of sp³-hybridized carbons (Fsp3) is 0.588. The lowest BCUT2D eigenvalue weighted by molar-refractivity contribution is -0.104. The molecule has 2 heterocycles. The van der Waals surface area contributed by atoms with Crippen LogP contribution in [-0.4, -0.2) is 55.6 Å². The molecule has 7 heteroatoms. The Bertz CT molecular complexity index is 530. The summed E-state index contributed by atoms with van der Waals surface area (Å²) < 4.78 is 0. The lowest BCUT2D eigenvalue weighted by Gasteiger charge is -2.60. The molecule has 0 saturated carbocycles. The molecule has 3 rings (SSSR count). The van der Waals surface area contributed by atoms with Crippen molar-refractivity contribution in [1.29, 1.82) is 5.26 Å². The second-order valence-electron chi connectivity index (χ2n) is 6.94. The van der Waals surface area contributed by atoms with Crippen molar-refractivity contribution >= 4 is 37.2 Å². The highest BCUT2D eigenvalue weighted by molar-refractivity contribution is 5.86. The second-order valence-corrected chi connectivity index (χ2v) is 6.94. The lowest BCUT2D eigenvalue weighted by atomic mass is 9.73. The van der Waals surface area contributed by atoms with E-state index >= 15 is 0 Å². The fourth-order valence-corrected chi connectivity index (χ4v) is 3.83. The maximum Gasteiger partial charge on any atom is 0.0991 e. The Hall–Kier alpha value is -0.540. The number of benzene rings is 1. The van der Waals surface area contributed by atoms with Gasteiger partial charge in [-0.1, -0.05) is 12.1 Å².